The van der Waals surface area contributed by atoms with Crippen LogP contribution in [0.1, 0.15) is 22.3 Å². The number of aromatic nitrogens is 2. The standard InChI is InChI=1S/C34H37N5O4/c1-38-14-7-15-39(17-16-38)21-22-10-12-23(13-11-22)34(40)37-30-20-26-25-8-5-6-9-27(25)35-32(26)31(36-30)24-18-28(41-2)33(43-4)29(19-24)42-3/h5-6,8-13,18-20,35H,7,14-17,21H2,1-4H3,(H,36,37,40). The Hall–Kier alpha value is -4.60. The van der Waals surface area contributed by atoms with Crippen LogP contribution >= 0.6 is 0 Å². The summed E-state index contributed by atoms with van der Waals surface area (Å²) < 4.78 is 16.8. The highest BCUT2D eigenvalue weighted by molar-refractivity contribution is 6.13. The van der Waals surface area contributed by atoms with E-state index < -0.39 is 0 Å². The molecule has 1 fully saturated rings. The van der Waals surface area contributed by atoms with Crippen LogP contribution in [0.4, 0.5) is 5.82 Å². The molecule has 0 saturated carbocycles. The van der Waals surface area contributed by atoms with Crippen molar-refractivity contribution in [1.82, 2.24) is 19.8 Å². The summed E-state index contributed by atoms with van der Waals surface area (Å²) in [6, 6.07) is 21.6. The summed E-state index contributed by atoms with van der Waals surface area (Å²) in [6.07, 6.45) is 1.17. The molecule has 0 aliphatic carbocycles. The van der Waals surface area contributed by atoms with Crippen LogP contribution in [-0.4, -0.2) is 80.2 Å². The fourth-order valence-electron chi connectivity index (χ4n) is 5.80. The van der Waals surface area contributed by atoms with Crippen molar-refractivity contribution in [1.29, 1.82) is 0 Å². The van der Waals surface area contributed by atoms with Crippen LogP contribution < -0.4 is 19.5 Å². The minimum Gasteiger partial charge on any atom is -0.493 e. The highest BCUT2D eigenvalue weighted by Gasteiger charge is 2.20. The van der Waals surface area contributed by atoms with Crippen molar-refractivity contribution in [2.24, 2.45) is 0 Å². The number of H-pyrrole nitrogens is 1. The lowest BCUT2D eigenvalue weighted by molar-refractivity contribution is 0.102. The topological polar surface area (TPSA) is 92.0 Å². The molecular weight excluding hydrogens is 542 g/mol. The molecule has 0 atom stereocenters. The van der Waals surface area contributed by atoms with E-state index in [1.807, 2.05) is 60.7 Å². The van der Waals surface area contributed by atoms with Crippen molar-refractivity contribution in [2.45, 2.75) is 13.0 Å². The van der Waals surface area contributed by atoms with Crippen molar-refractivity contribution >= 4 is 33.5 Å². The van der Waals surface area contributed by atoms with Crippen molar-refractivity contribution < 1.29 is 19.0 Å². The number of likely N-dealkylation sites (N-methyl/N-ethyl adjacent to an activating group) is 1. The monoisotopic (exact) mass is 579 g/mol. The SMILES string of the molecule is COc1cc(-c2nc(NC(=O)c3ccc(CN4CCCN(C)CC4)cc3)cc3c2[nH]c2ccccc23)cc(OC)c1OC. The molecule has 2 N–H and O–H groups in total. The van der Waals surface area contributed by atoms with Crippen LogP contribution in [0.15, 0.2) is 66.7 Å². The van der Waals surface area contributed by atoms with Gasteiger partial charge < -0.3 is 29.4 Å². The number of hydrogen-bond donors (Lipinski definition) is 2. The summed E-state index contributed by atoms with van der Waals surface area (Å²) in [5.74, 6) is 1.77. The average molecular weight is 580 g/mol. The third-order valence-corrected chi connectivity index (χ3v) is 8.11. The van der Waals surface area contributed by atoms with Gasteiger partial charge in [-0.05, 0) is 68.5 Å². The zero-order chi connectivity index (χ0) is 29.9. The highest BCUT2D eigenvalue weighted by atomic mass is 16.5. The second kappa shape index (κ2) is 12.3. The van der Waals surface area contributed by atoms with Gasteiger partial charge in [-0.1, -0.05) is 30.3 Å². The first-order valence-electron chi connectivity index (χ1n) is 14.5. The highest BCUT2D eigenvalue weighted by Crippen LogP contribution is 2.43. The summed E-state index contributed by atoms with van der Waals surface area (Å²) in [5.41, 5.74) is 5.01. The van der Waals surface area contributed by atoms with E-state index in [0.717, 1.165) is 60.1 Å². The zero-order valence-electron chi connectivity index (χ0n) is 25.1. The number of amides is 1. The molecule has 1 amide bonds. The molecule has 1 aliphatic rings. The first kappa shape index (κ1) is 28.5. The number of methoxy groups -OCH3 is 3. The number of nitrogens with one attached hydrogen (secondary N) is 2. The number of fused-ring (bicyclic) bond motifs is 3. The van der Waals surface area contributed by atoms with E-state index in [0.29, 0.717) is 34.3 Å². The molecule has 5 aromatic rings. The number of para-hydroxylation sites is 1. The molecule has 9 heteroatoms. The maximum Gasteiger partial charge on any atom is 0.256 e. The van der Waals surface area contributed by atoms with Crippen molar-refractivity contribution in [3.8, 4) is 28.5 Å². The predicted molar refractivity (Wildman–Crippen MR) is 170 cm³/mol. The van der Waals surface area contributed by atoms with E-state index >= 15 is 0 Å². The van der Waals surface area contributed by atoms with Gasteiger partial charge in [-0.3, -0.25) is 9.69 Å². The Bertz CT molecular complexity index is 1740. The summed E-state index contributed by atoms with van der Waals surface area (Å²) in [7, 11) is 6.92. The summed E-state index contributed by atoms with van der Waals surface area (Å²) >= 11 is 0. The molecule has 9 nitrogen and oxygen atoms in total. The largest absolute Gasteiger partial charge is 0.493 e. The van der Waals surface area contributed by atoms with Gasteiger partial charge in [-0.25, -0.2) is 4.98 Å². The second-order valence-corrected chi connectivity index (χ2v) is 10.9. The van der Waals surface area contributed by atoms with Crippen molar-refractivity contribution in [3.05, 3.63) is 77.9 Å². The van der Waals surface area contributed by atoms with Crippen molar-refractivity contribution in [2.75, 3.05) is 59.9 Å². The fraction of sp³-hybridized carbons (Fsp3) is 0.294. The molecule has 0 unspecified atom stereocenters. The number of pyridine rings is 1. The van der Waals surface area contributed by atoms with E-state index in [9.17, 15) is 4.79 Å². The molecule has 1 saturated heterocycles. The number of hydrogen-bond acceptors (Lipinski definition) is 7. The molecule has 3 heterocycles. The van der Waals surface area contributed by atoms with Gasteiger partial charge in [0.2, 0.25) is 5.75 Å². The van der Waals surface area contributed by atoms with Gasteiger partial charge in [0.1, 0.15) is 5.82 Å². The van der Waals surface area contributed by atoms with E-state index in [2.05, 4.69) is 33.2 Å². The number of rotatable bonds is 8. The number of carbonyl (C=O) groups is 1. The molecule has 0 radical (unpaired) electrons. The molecule has 222 valence electrons. The molecule has 2 aromatic heterocycles. The molecule has 0 bridgehead atoms. The first-order chi connectivity index (χ1) is 21.0. The smallest absolute Gasteiger partial charge is 0.256 e. The Morgan fingerprint density at radius 3 is 2.35 bits per heavy atom. The number of carbonyl (C=O) groups excluding carboxylic acids is 1. The third kappa shape index (κ3) is 5.86. The van der Waals surface area contributed by atoms with Crippen LogP contribution in [0.2, 0.25) is 0 Å². The average Bonchev–Trinajstić information content (AvgIpc) is 3.28. The van der Waals surface area contributed by atoms with E-state index in [1.54, 1.807) is 21.3 Å². The molecule has 43 heavy (non-hydrogen) atoms. The normalized spacial score (nSPS) is 14.5. The van der Waals surface area contributed by atoms with Gasteiger partial charge in [-0.15, -0.1) is 0 Å². The van der Waals surface area contributed by atoms with Crippen molar-refractivity contribution in [3.63, 3.8) is 0 Å². The Balaban J connectivity index is 1.33. The summed E-state index contributed by atoms with van der Waals surface area (Å²) in [5, 5.41) is 5.02. The Morgan fingerprint density at radius 2 is 1.63 bits per heavy atom. The molecule has 1 aliphatic heterocycles. The third-order valence-electron chi connectivity index (χ3n) is 8.11. The van der Waals surface area contributed by atoms with E-state index in [1.165, 1.54) is 12.0 Å². The lowest BCUT2D eigenvalue weighted by Gasteiger charge is -2.20. The first-order valence-corrected chi connectivity index (χ1v) is 14.5. The van der Waals surface area contributed by atoms with Crippen LogP contribution in [0.3, 0.4) is 0 Å². The number of benzene rings is 3. The number of anilines is 1. The maximum atomic E-state index is 13.4. The number of nitrogens with zero attached hydrogens (tertiary/aromatic N) is 3. The van der Waals surface area contributed by atoms with E-state index in [-0.39, 0.29) is 5.91 Å². The summed E-state index contributed by atoms with van der Waals surface area (Å²) in [4.78, 5) is 26.7. The minimum absolute atomic E-state index is 0.217. The Morgan fingerprint density at radius 1 is 0.884 bits per heavy atom. The van der Waals surface area contributed by atoms with Crippen LogP contribution in [0.25, 0.3) is 33.1 Å². The second-order valence-electron chi connectivity index (χ2n) is 10.9. The Labute approximate surface area is 251 Å². The summed E-state index contributed by atoms with van der Waals surface area (Å²) in [6.45, 7) is 5.23. The molecular formula is C34H37N5O4. The molecule has 0 spiro atoms. The predicted octanol–water partition coefficient (Wildman–Crippen LogP) is 5.80. The minimum atomic E-state index is -0.217. The van der Waals surface area contributed by atoms with Gasteiger partial charge in [0, 0.05) is 47.1 Å². The maximum absolute atomic E-state index is 13.4. The zero-order valence-corrected chi connectivity index (χ0v) is 25.1. The van der Waals surface area contributed by atoms with Crippen LogP contribution in [-0.2, 0) is 6.54 Å². The lowest BCUT2D eigenvalue weighted by atomic mass is 10.1. The quantitative estimate of drug-likeness (QED) is 0.240. The Kier molecular flexibility index (Phi) is 8.18. The van der Waals surface area contributed by atoms with Crippen LogP contribution in [0, 0.1) is 0 Å². The van der Waals surface area contributed by atoms with Gasteiger partial charge in [0.15, 0.2) is 11.5 Å². The van der Waals surface area contributed by atoms with Gasteiger partial charge in [-0.2, -0.15) is 0 Å². The van der Waals surface area contributed by atoms with Crippen LogP contribution in [0.5, 0.6) is 17.2 Å². The van der Waals surface area contributed by atoms with Gasteiger partial charge in [0.25, 0.3) is 5.91 Å². The molecule has 6 rings (SSSR count). The lowest BCUT2D eigenvalue weighted by Crippen LogP contribution is -2.28. The number of ether oxygens (including phenoxy) is 3. The molecule has 3 aromatic carbocycles. The van der Waals surface area contributed by atoms with E-state index in [4.69, 9.17) is 19.2 Å². The fourth-order valence-corrected chi connectivity index (χ4v) is 5.80. The van der Waals surface area contributed by atoms with Gasteiger partial charge in [0.05, 0.1) is 32.5 Å². The van der Waals surface area contributed by atoms with Gasteiger partial charge >= 0.3 is 0 Å². The number of aromatic amines is 1.